The Morgan fingerprint density at radius 3 is 2.84 bits per heavy atom. The molecule has 0 aliphatic carbocycles. The molecule has 1 N–H and O–H groups in total. The van der Waals surface area contributed by atoms with Crippen molar-refractivity contribution < 1.29 is 13.9 Å². The van der Waals surface area contributed by atoms with E-state index in [1.54, 1.807) is 6.92 Å². The van der Waals surface area contributed by atoms with E-state index in [1.807, 2.05) is 31.2 Å². The maximum absolute atomic E-state index is 11.9. The van der Waals surface area contributed by atoms with Crippen LogP contribution in [0.1, 0.15) is 26.7 Å². The van der Waals surface area contributed by atoms with Gasteiger partial charge in [-0.1, -0.05) is 25.5 Å². The Balaban J connectivity index is 2.28. The molecule has 5 nitrogen and oxygen atoms in total. The standard InChI is InChI=1S/C14H18N2O3/c1-4-9-14(2,12(17)18-3)16-13-15-10-7-5-6-8-11(10)19-13/h5-8H,4,9H2,1-3H3,(H,15,16). The van der Waals surface area contributed by atoms with Crippen LogP contribution in [0.2, 0.25) is 0 Å². The van der Waals surface area contributed by atoms with E-state index in [9.17, 15) is 4.79 Å². The molecule has 19 heavy (non-hydrogen) atoms. The van der Waals surface area contributed by atoms with Crippen LogP contribution in [0.3, 0.4) is 0 Å². The van der Waals surface area contributed by atoms with Crippen molar-refractivity contribution in [3.63, 3.8) is 0 Å². The number of anilines is 1. The van der Waals surface area contributed by atoms with Gasteiger partial charge in [0.2, 0.25) is 0 Å². The number of nitrogens with zero attached hydrogens (tertiary/aromatic N) is 1. The molecule has 0 aliphatic heterocycles. The van der Waals surface area contributed by atoms with Gasteiger partial charge in [0.05, 0.1) is 7.11 Å². The highest BCUT2D eigenvalue weighted by Crippen LogP contribution is 2.24. The van der Waals surface area contributed by atoms with Crippen LogP contribution in [-0.4, -0.2) is 23.6 Å². The molecule has 0 spiro atoms. The van der Waals surface area contributed by atoms with Crippen LogP contribution in [0, 0.1) is 0 Å². The van der Waals surface area contributed by atoms with Crippen molar-refractivity contribution in [2.45, 2.75) is 32.2 Å². The number of rotatable bonds is 5. The van der Waals surface area contributed by atoms with E-state index in [-0.39, 0.29) is 5.97 Å². The quantitative estimate of drug-likeness (QED) is 0.839. The van der Waals surface area contributed by atoms with E-state index in [2.05, 4.69) is 10.3 Å². The third-order valence-electron chi connectivity index (χ3n) is 3.06. The van der Waals surface area contributed by atoms with Crippen LogP contribution in [0.25, 0.3) is 11.1 Å². The number of hydrogen-bond donors (Lipinski definition) is 1. The van der Waals surface area contributed by atoms with Crippen molar-refractivity contribution in [2.24, 2.45) is 0 Å². The summed E-state index contributed by atoms with van der Waals surface area (Å²) in [7, 11) is 1.38. The number of hydrogen-bond acceptors (Lipinski definition) is 5. The van der Waals surface area contributed by atoms with Gasteiger partial charge < -0.3 is 14.5 Å². The summed E-state index contributed by atoms with van der Waals surface area (Å²) in [6.45, 7) is 3.80. The Morgan fingerprint density at radius 2 is 2.21 bits per heavy atom. The first-order valence-electron chi connectivity index (χ1n) is 6.31. The van der Waals surface area contributed by atoms with Crippen molar-refractivity contribution in [2.75, 3.05) is 12.4 Å². The fourth-order valence-electron chi connectivity index (χ4n) is 2.10. The molecule has 1 heterocycles. The van der Waals surface area contributed by atoms with Crippen molar-refractivity contribution in [1.29, 1.82) is 0 Å². The molecule has 2 rings (SSSR count). The van der Waals surface area contributed by atoms with Crippen LogP contribution in [0.5, 0.6) is 0 Å². The van der Waals surface area contributed by atoms with E-state index in [1.165, 1.54) is 7.11 Å². The molecule has 1 atom stereocenters. The lowest BCUT2D eigenvalue weighted by Gasteiger charge is -2.26. The zero-order valence-corrected chi connectivity index (χ0v) is 11.4. The maximum Gasteiger partial charge on any atom is 0.331 e. The predicted molar refractivity (Wildman–Crippen MR) is 73.0 cm³/mol. The van der Waals surface area contributed by atoms with E-state index in [0.29, 0.717) is 18.0 Å². The summed E-state index contributed by atoms with van der Waals surface area (Å²) in [5.41, 5.74) is 0.618. The number of esters is 1. The number of para-hydroxylation sites is 2. The van der Waals surface area contributed by atoms with Gasteiger partial charge in [-0.05, 0) is 25.5 Å². The molecule has 0 radical (unpaired) electrons. The molecule has 1 aromatic heterocycles. The van der Waals surface area contributed by atoms with Crippen LogP contribution < -0.4 is 5.32 Å². The number of methoxy groups -OCH3 is 1. The number of carbonyl (C=O) groups is 1. The first kappa shape index (κ1) is 13.4. The lowest BCUT2D eigenvalue weighted by atomic mass is 9.96. The minimum atomic E-state index is -0.829. The summed E-state index contributed by atoms with van der Waals surface area (Å²) in [5.74, 6) is -0.323. The van der Waals surface area contributed by atoms with E-state index in [4.69, 9.17) is 9.15 Å². The zero-order chi connectivity index (χ0) is 13.9. The molecule has 0 saturated heterocycles. The lowest BCUT2D eigenvalue weighted by molar-refractivity contribution is -0.145. The van der Waals surface area contributed by atoms with Gasteiger partial charge >= 0.3 is 5.97 Å². The monoisotopic (exact) mass is 262 g/mol. The first-order chi connectivity index (χ1) is 9.09. The number of fused-ring (bicyclic) bond motifs is 1. The average molecular weight is 262 g/mol. The normalized spacial score (nSPS) is 14.1. The average Bonchev–Trinajstić information content (AvgIpc) is 2.79. The van der Waals surface area contributed by atoms with Gasteiger partial charge in [0, 0.05) is 0 Å². The molecule has 2 aromatic rings. The molecule has 0 amide bonds. The summed E-state index contributed by atoms with van der Waals surface area (Å²) >= 11 is 0. The zero-order valence-electron chi connectivity index (χ0n) is 11.4. The molecule has 0 aliphatic rings. The second kappa shape index (κ2) is 5.30. The molecule has 0 saturated carbocycles. The maximum atomic E-state index is 11.9. The summed E-state index contributed by atoms with van der Waals surface area (Å²) in [5, 5.41) is 3.04. The summed E-state index contributed by atoms with van der Waals surface area (Å²) < 4.78 is 10.4. The second-order valence-corrected chi connectivity index (χ2v) is 4.69. The van der Waals surface area contributed by atoms with Crippen molar-refractivity contribution >= 4 is 23.1 Å². The summed E-state index contributed by atoms with van der Waals surface area (Å²) in [4.78, 5) is 16.2. The van der Waals surface area contributed by atoms with Crippen LogP contribution in [0.15, 0.2) is 28.7 Å². The van der Waals surface area contributed by atoms with Gasteiger partial charge in [-0.3, -0.25) is 0 Å². The summed E-state index contributed by atoms with van der Waals surface area (Å²) in [6.07, 6.45) is 1.48. The Labute approximate surface area is 112 Å². The molecule has 1 unspecified atom stereocenters. The number of ether oxygens (including phenoxy) is 1. The first-order valence-corrected chi connectivity index (χ1v) is 6.31. The fraction of sp³-hybridized carbons (Fsp3) is 0.429. The molecule has 0 bridgehead atoms. The number of nitrogens with one attached hydrogen (secondary N) is 1. The van der Waals surface area contributed by atoms with E-state index in [0.717, 1.165) is 11.9 Å². The van der Waals surface area contributed by atoms with Gasteiger partial charge in [0.15, 0.2) is 5.58 Å². The Bertz CT molecular complexity index is 546. The smallest absolute Gasteiger partial charge is 0.331 e. The van der Waals surface area contributed by atoms with E-state index >= 15 is 0 Å². The molecular formula is C14H18N2O3. The largest absolute Gasteiger partial charge is 0.467 e. The SMILES string of the molecule is CCCC(C)(Nc1nc2ccccc2o1)C(=O)OC. The van der Waals surface area contributed by atoms with Crippen molar-refractivity contribution in [3.8, 4) is 0 Å². The Kier molecular flexibility index (Phi) is 3.74. The second-order valence-electron chi connectivity index (χ2n) is 4.69. The minimum Gasteiger partial charge on any atom is -0.467 e. The minimum absolute atomic E-state index is 0.323. The Hall–Kier alpha value is -2.04. The number of carbonyl (C=O) groups excluding carboxylic acids is 1. The molecule has 0 fully saturated rings. The highest BCUT2D eigenvalue weighted by atomic mass is 16.5. The third kappa shape index (κ3) is 2.70. The van der Waals surface area contributed by atoms with E-state index < -0.39 is 5.54 Å². The molecule has 1 aromatic carbocycles. The molecule has 5 heteroatoms. The Morgan fingerprint density at radius 1 is 1.47 bits per heavy atom. The molecular weight excluding hydrogens is 244 g/mol. The highest BCUT2D eigenvalue weighted by Gasteiger charge is 2.34. The number of aromatic nitrogens is 1. The van der Waals surface area contributed by atoms with Gasteiger partial charge in [0.1, 0.15) is 11.1 Å². The number of benzene rings is 1. The lowest BCUT2D eigenvalue weighted by Crippen LogP contribution is -2.44. The van der Waals surface area contributed by atoms with Crippen LogP contribution >= 0.6 is 0 Å². The van der Waals surface area contributed by atoms with Gasteiger partial charge in [0.25, 0.3) is 6.01 Å². The molecule has 102 valence electrons. The van der Waals surface area contributed by atoms with Crippen LogP contribution in [-0.2, 0) is 9.53 Å². The predicted octanol–water partition coefficient (Wildman–Crippen LogP) is 2.97. The van der Waals surface area contributed by atoms with Crippen molar-refractivity contribution in [1.82, 2.24) is 4.98 Å². The van der Waals surface area contributed by atoms with Gasteiger partial charge in [-0.15, -0.1) is 0 Å². The number of oxazole rings is 1. The van der Waals surface area contributed by atoms with Gasteiger partial charge in [-0.25, -0.2) is 4.79 Å². The van der Waals surface area contributed by atoms with Crippen molar-refractivity contribution in [3.05, 3.63) is 24.3 Å². The summed E-state index contributed by atoms with van der Waals surface area (Å²) in [6, 6.07) is 7.80. The highest BCUT2D eigenvalue weighted by molar-refractivity contribution is 5.84. The topological polar surface area (TPSA) is 64.4 Å². The third-order valence-corrected chi connectivity index (χ3v) is 3.06. The fourth-order valence-corrected chi connectivity index (χ4v) is 2.10. The van der Waals surface area contributed by atoms with Crippen LogP contribution in [0.4, 0.5) is 6.01 Å². The van der Waals surface area contributed by atoms with Gasteiger partial charge in [-0.2, -0.15) is 4.98 Å².